The summed E-state index contributed by atoms with van der Waals surface area (Å²) in [5, 5.41) is 13.6. The molecule has 0 aromatic carbocycles. The van der Waals surface area contributed by atoms with Gasteiger partial charge in [-0.15, -0.1) is 0 Å². The van der Waals surface area contributed by atoms with E-state index in [2.05, 4.69) is 25.3 Å². The number of aliphatic hydroxyl groups is 1. The molecule has 8 nitrogen and oxygen atoms in total. The summed E-state index contributed by atoms with van der Waals surface area (Å²) in [6.45, 7) is 6.63. The molecule has 2 aromatic rings. The molecule has 0 radical (unpaired) electrons. The van der Waals surface area contributed by atoms with Crippen molar-refractivity contribution < 1.29 is 9.90 Å². The fraction of sp³-hybridized carbons (Fsp3) is 0.500. The smallest absolute Gasteiger partial charge is 0.257 e. The second-order valence-corrected chi connectivity index (χ2v) is 6.81. The first kappa shape index (κ1) is 18.2. The molecular weight excluding hydrogens is 332 g/mol. The summed E-state index contributed by atoms with van der Waals surface area (Å²) in [5.41, 5.74) is 1.15. The third kappa shape index (κ3) is 3.96. The summed E-state index contributed by atoms with van der Waals surface area (Å²) in [7, 11) is 0. The molecule has 138 valence electrons. The zero-order chi connectivity index (χ0) is 18.7. The van der Waals surface area contributed by atoms with Gasteiger partial charge in [-0.3, -0.25) is 4.79 Å². The number of hydrogen-bond donors (Lipinski definition) is 2. The number of piperidine rings is 1. The van der Waals surface area contributed by atoms with Crippen LogP contribution in [0.4, 0.5) is 5.95 Å². The van der Waals surface area contributed by atoms with E-state index in [1.54, 1.807) is 29.6 Å². The third-order valence-electron chi connectivity index (χ3n) is 4.49. The quantitative estimate of drug-likeness (QED) is 0.853. The lowest BCUT2D eigenvalue weighted by molar-refractivity contribution is 0.0424. The van der Waals surface area contributed by atoms with Gasteiger partial charge in [0, 0.05) is 37.6 Å². The molecule has 2 atom stereocenters. The molecule has 1 fully saturated rings. The van der Waals surface area contributed by atoms with Gasteiger partial charge in [0.25, 0.3) is 5.91 Å². The van der Waals surface area contributed by atoms with Crippen molar-refractivity contribution >= 4 is 11.9 Å². The van der Waals surface area contributed by atoms with Gasteiger partial charge in [0.15, 0.2) is 0 Å². The van der Waals surface area contributed by atoms with Crippen molar-refractivity contribution in [2.24, 2.45) is 0 Å². The van der Waals surface area contributed by atoms with Crippen LogP contribution in [0.5, 0.6) is 0 Å². The highest BCUT2D eigenvalue weighted by atomic mass is 16.3. The molecule has 1 amide bonds. The van der Waals surface area contributed by atoms with Crippen LogP contribution < -0.4 is 5.32 Å². The van der Waals surface area contributed by atoms with E-state index in [-0.39, 0.29) is 24.4 Å². The molecule has 1 aliphatic rings. The highest BCUT2D eigenvalue weighted by Crippen LogP contribution is 2.19. The minimum absolute atomic E-state index is 0.147. The van der Waals surface area contributed by atoms with Crippen LogP contribution in [0.25, 0.3) is 0 Å². The molecular formula is C18H24N6O2. The lowest BCUT2D eigenvalue weighted by atomic mass is 10.0. The van der Waals surface area contributed by atoms with Crippen LogP contribution in [0.3, 0.4) is 0 Å². The number of aromatic nitrogens is 4. The Kier molecular flexibility index (Phi) is 5.41. The Balaban J connectivity index is 1.66. The first-order chi connectivity index (χ1) is 12.5. The fourth-order valence-electron chi connectivity index (χ4n) is 2.97. The number of carbonyl (C=O) groups excluding carboxylic acids is 1. The van der Waals surface area contributed by atoms with Gasteiger partial charge < -0.3 is 15.3 Å². The summed E-state index contributed by atoms with van der Waals surface area (Å²) in [6, 6.07) is 1.54. The summed E-state index contributed by atoms with van der Waals surface area (Å²) in [4.78, 5) is 31.4. The van der Waals surface area contributed by atoms with Gasteiger partial charge in [0.1, 0.15) is 5.82 Å². The van der Waals surface area contributed by atoms with Crippen LogP contribution in [-0.2, 0) is 0 Å². The summed E-state index contributed by atoms with van der Waals surface area (Å²) in [5.74, 6) is 1.27. The predicted molar refractivity (Wildman–Crippen MR) is 96.8 cm³/mol. The van der Waals surface area contributed by atoms with Crippen molar-refractivity contribution in [3.63, 3.8) is 0 Å². The topological polar surface area (TPSA) is 104 Å². The number of amides is 1. The van der Waals surface area contributed by atoms with Gasteiger partial charge >= 0.3 is 0 Å². The van der Waals surface area contributed by atoms with E-state index < -0.39 is 6.10 Å². The van der Waals surface area contributed by atoms with E-state index in [1.165, 1.54) is 0 Å². The third-order valence-corrected chi connectivity index (χ3v) is 4.49. The maximum Gasteiger partial charge on any atom is 0.257 e. The average molecular weight is 356 g/mol. The number of anilines is 1. The number of β-amino-alcohol motifs (C(OH)–C–C–N with tert-alkyl or cyclic N) is 1. The Morgan fingerprint density at radius 2 is 2.04 bits per heavy atom. The lowest BCUT2D eigenvalue weighted by Gasteiger charge is -2.36. The molecule has 3 heterocycles. The molecule has 3 rings (SSSR count). The van der Waals surface area contributed by atoms with Gasteiger partial charge in [-0.05, 0) is 19.4 Å². The number of hydrogen-bond acceptors (Lipinski definition) is 7. The second kappa shape index (κ2) is 7.74. The van der Waals surface area contributed by atoms with Gasteiger partial charge in [-0.2, -0.15) is 0 Å². The second-order valence-electron chi connectivity index (χ2n) is 6.81. The van der Waals surface area contributed by atoms with E-state index in [9.17, 15) is 9.90 Å². The highest BCUT2D eigenvalue weighted by molar-refractivity contribution is 5.95. The standard InChI is InChI=1S/C18H24N6O2/c1-11(2)16-21-9-13(12(3)22-16)17(26)24-8-5-14(15(25)10-24)23-18-19-6-4-7-20-18/h4,6-7,9,11,14-15,25H,5,8,10H2,1-3H3,(H,19,20,23)/t14-,15-/m1/s1. The van der Waals surface area contributed by atoms with Crippen LogP contribution in [-0.4, -0.2) is 61.1 Å². The molecule has 1 aliphatic heterocycles. The molecule has 2 N–H and O–H groups in total. The Labute approximate surface area is 152 Å². The van der Waals surface area contributed by atoms with Gasteiger partial charge in [0.2, 0.25) is 5.95 Å². The van der Waals surface area contributed by atoms with E-state index in [0.717, 1.165) is 5.82 Å². The van der Waals surface area contributed by atoms with Crippen LogP contribution >= 0.6 is 0 Å². The van der Waals surface area contributed by atoms with E-state index in [4.69, 9.17) is 0 Å². The normalized spacial score (nSPS) is 20.3. The van der Waals surface area contributed by atoms with E-state index in [1.807, 2.05) is 20.8 Å². The summed E-state index contributed by atoms with van der Waals surface area (Å²) < 4.78 is 0. The zero-order valence-corrected chi connectivity index (χ0v) is 15.3. The number of likely N-dealkylation sites (tertiary alicyclic amines) is 1. The van der Waals surface area contributed by atoms with Gasteiger partial charge in [-0.25, -0.2) is 19.9 Å². The molecule has 26 heavy (non-hydrogen) atoms. The summed E-state index contributed by atoms with van der Waals surface area (Å²) in [6.07, 6.45) is 4.78. The number of nitrogens with zero attached hydrogens (tertiary/aromatic N) is 5. The number of carbonyl (C=O) groups is 1. The van der Waals surface area contributed by atoms with Crippen molar-refractivity contribution in [1.82, 2.24) is 24.8 Å². The van der Waals surface area contributed by atoms with Gasteiger partial charge in [0.05, 0.1) is 23.4 Å². The minimum atomic E-state index is -0.701. The number of aliphatic hydroxyl groups excluding tert-OH is 1. The van der Waals surface area contributed by atoms with Crippen molar-refractivity contribution in [3.8, 4) is 0 Å². The molecule has 0 bridgehead atoms. The average Bonchev–Trinajstić information content (AvgIpc) is 2.63. The predicted octanol–water partition coefficient (Wildman–Crippen LogP) is 1.39. The molecule has 8 heteroatoms. The Morgan fingerprint density at radius 1 is 1.31 bits per heavy atom. The first-order valence-corrected chi connectivity index (χ1v) is 8.80. The Bertz CT molecular complexity index is 768. The highest BCUT2D eigenvalue weighted by Gasteiger charge is 2.31. The monoisotopic (exact) mass is 356 g/mol. The van der Waals surface area contributed by atoms with Crippen molar-refractivity contribution in [3.05, 3.63) is 41.7 Å². The Hall–Kier alpha value is -2.61. The maximum atomic E-state index is 12.8. The van der Waals surface area contributed by atoms with Crippen LogP contribution in [0.15, 0.2) is 24.7 Å². The van der Waals surface area contributed by atoms with Crippen molar-refractivity contribution in [1.29, 1.82) is 0 Å². The fourth-order valence-corrected chi connectivity index (χ4v) is 2.97. The molecule has 1 saturated heterocycles. The zero-order valence-electron chi connectivity index (χ0n) is 15.3. The minimum Gasteiger partial charge on any atom is -0.389 e. The molecule has 0 unspecified atom stereocenters. The van der Waals surface area contributed by atoms with Crippen LogP contribution in [0.2, 0.25) is 0 Å². The molecule has 0 saturated carbocycles. The lowest BCUT2D eigenvalue weighted by Crippen LogP contribution is -2.52. The van der Waals surface area contributed by atoms with Crippen LogP contribution in [0, 0.1) is 6.92 Å². The van der Waals surface area contributed by atoms with Crippen molar-refractivity contribution in [2.75, 3.05) is 18.4 Å². The number of rotatable bonds is 4. The largest absolute Gasteiger partial charge is 0.389 e. The molecule has 0 spiro atoms. The van der Waals surface area contributed by atoms with Crippen LogP contribution in [0.1, 0.15) is 48.1 Å². The summed E-state index contributed by atoms with van der Waals surface area (Å²) >= 11 is 0. The van der Waals surface area contributed by atoms with E-state index in [0.29, 0.717) is 30.2 Å². The first-order valence-electron chi connectivity index (χ1n) is 8.80. The molecule has 0 aliphatic carbocycles. The van der Waals surface area contributed by atoms with Gasteiger partial charge in [-0.1, -0.05) is 13.8 Å². The van der Waals surface area contributed by atoms with E-state index >= 15 is 0 Å². The number of aryl methyl sites for hydroxylation is 1. The maximum absolute atomic E-state index is 12.8. The Morgan fingerprint density at radius 3 is 2.65 bits per heavy atom. The van der Waals surface area contributed by atoms with Crippen molar-refractivity contribution in [2.45, 2.75) is 45.3 Å². The SMILES string of the molecule is Cc1nc(C(C)C)ncc1C(=O)N1CC[C@@H](Nc2ncccn2)[C@H](O)C1. The number of nitrogens with one attached hydrogen (secondary N) is 1. The molecule has 2 aromatic heterocycles.